The molecule has 3 N–H and O–H groups in total. The summed E-state index contributed by atoms with van der Waals surface area (Å²) in [5.41, 5.74) is -1.38. The lowest BCUT2D eigenvalue weighted by Crippen LogP contribution is -2.47. The summed E-state index contributed by atoms with van der Waals surface area (Å²) in [5, 5.41) is 16.7. The van der Waals surface area contributed by atoms with Crippen molar-refractivity contribution in [3.8, 4) is 5.75 Å². The monoisotopic (exact) mass is 526 g/mol. The Bertz CT molecular complexity index is 1270. The number of hydrogen-bond acceptors (Lipinski definition) is 9. The van der Waals surface area contributed by atoms with Gasteiger partial charge in [0.2, 0.25) is 10.0 Å². The lowest BCUT2D eigenvalue weighted by atomic mass is 10.0. The second-order valence-corrected chi connectivity index (χ2v) is 11.5. The van der Waals surface area contributed by atoms with E-state index < -0.39 is 31.5 Å². The van der Waals surface area contributed by atoms with Crippen molar-refractivity contribution in [3.63, 3.8) is 0 Å². The first kappa shape index (κ1) is 25.9. The van der Waals surface area contributed by atoms with E-state index in [4.69, 9.17) is 16.3 Å². The van der Waals surface area contributed by atoms with Gasteiger partial charge in [-0.05, 0) is 45.4 Å². The lowest BCUT2D eigenvalue weighted by molar-refractivity contribution is 0.0438. The van der Waals surface area contributed by atoms with Crippen molar-refractivity contribution in [1.29, 1.82) is 0 Å². The van der Waals surface area contributed by atoms with Gasteiger partial charge in [0.25, 0.3) is 10.9 Å². The maximum absolute atomic E-state index is 13.3. The van der Waals surface area contributed by atoms with Gasteiger partial charge in [0, 0.05) is 26.2 Å². The highest BCUT2D eigenvalue weighted by molar-refractivity contribution is 7.89. The van der Waals surface area contributed by atoms with Crippen LogP contribution in [0.5, 0.6) is 5.75 Å². The van der Waals surface area contributed by atoms with Crippen LogP contribution >= 0.6 is 11.6 Å². The van der Waals surface area contributed by atoms with Gasteiger partial charge in [-0.25, -0.2) is 8.42 Å². The summed E-state index contributed by atoms with van der Waals surface area (Å²) in [6.45, 7) is 5.58. The van der Waals surface area contributed by atoms with Crippen molar-refractivity contribution >= 4 is 38.7 Å². The zero-order valence-electron chi connectivity index (χ0n) is 20.0. The van der Waals surface area contributed by atoms with Crippen molar-refractivity contribution in [1.82, 2.24) is 9.21 Å². The van der Waals surface area contributed by atoms with Crippen molar-refractivity contribution in [2.45, 2.75) is 56.3 Å². The van der Waals surface area contributed by atoms with Crippen molar-refractivity contribution < 1.29 is 18.3 Å². The molecule has 0 aromatic heterocycles. The molecule has 2 unspecified atom stereocenters. The Morgan fingerprint density at radius 1 is 1.14 bits per heavy atom. The molecule has 3 atom stereocenters. The van der Waals surface area contributed by atoms with E-state index in [1.54, 1.807) is 0 Å². The third-order valence-electron chi connectivity index (χ3n) is 6.80. The molecule has 192 valence electrons. The summed E-state index contributed by atoms with van der Waals surface area (Å²) >= 11 is 6.21. The number of anilines is 3. The highest BCUT2D eigenvalue weighted by Gasteiger charge is 2.35. The van der Waals surface area contributed by atoms with Gasteiger partial charge in [0.05, 0.1) is 29.0 Å². The van der Waals surface area contributed by atoms with Gasteiger partial charge >= 0.3 is 0 Å². The van der Waals surface area contributed by atoms with Crippen LogP contribution in [-0.2, 0) is 14.8 Å². The molecule has 2 aromatic carbocycles. The first-order chi connectivity index (χ1) is 16.5. The molecule has 0 saturated carbocycles. The molecule has 2 aromatic rings. The van der Waals surface area contributed by atoms with Crippen molar-refractivity contribution in [3.05, 3.63) is 37.6 Å². The van der Waals surface area contributed by atoms with E-state index in [9.17, 15) is 23.1 Å². The number of aromatic hydroxyl groups is 1. The van der Waals surface area contributed by atoms with Gasteiger partial charge < -0.3 is 25.4 Å². The minimum Gasteiger partial charge on any atom is -0.504 e. The van der Waals surface area contributed by atoms with E-state index >= 15 is 0 Å². The molecule has 12 heteroatoms. The van der Waals surface area contributed by atoms with E-state index in [1.807, 2.05) is 25.8 Å². The highest BCUT2D eigenvalue weighted by Crippen LogP contribution is 2.40. The minimum absolute atomic E-state index is 0.0277. The van der Waals surface area contributed by atoms with E-state index in [2.05, 4.69) is 10.6 Å². The van der Waals surface area contributed by atoms with Crippen LogP contribution in [0.1, 0.15) is 33.1 Å². The Hall–Kier alpha value is -2.18. The fourth-order valence-corrected chi connectivity index (χ4v) is 6.62. The predicted octanol–water partition coefficient (Wildman–Crippen LogP) is 2.08. The fraction of sp³-hybridized carbons (Fsp3) is 0.565. The molecule has 2 heterocycles. The Morgan fingerprint density at radius 2 is 1.80 bits per heavy atom. The largest absolute Gasteiger partial charge is 0.504 e. The minimum atomic E-state index is -4.09. The van der Waals surface area contributed by atoms with E-state index in [0.717, 1.165) is 12.8 Å². The van der Waals surface area contributed by atoms with Gasteiger partial charge in [-0.3, -0.25) is 9.59 Å². The number of likely N-dealkylation sites (N-methyl/N-ethyl adjacent to an activating group) is 1. The number of piperazine rings is 1. The molecule has 35 heavy (non-hydrogen) atoms. The van der Waals surface area contributed by atoms with Gasteiger partial charge in [0.15, 0.2) is 5.75 Å². The maximum atomic E-state index is 13.3. The molecule has 0 spiro atoms. The van der Waals surface area contributed by atoms with Gasteiger partial charge in [-0.1, -0.05) is 18.5 Å². The Morgan fingerprint density at radius 3 is 2.40 bits per heavy atom. The molecule has 0 bridgehead atoms. The molecule has 0 amide bonds. The predicted molar refractivity (Wildman–Crippen MR) is 135 cm³/mol. The zero-order valence-corrected chi connectivity index (χ0v) is 21.6. The molecular weight excluding hydrogens is 496 g/mol. The standard InChI is InChI=1S/C23H31ClN4O6S/c1-4-15(17-8-5-13(2)34-17)25-18-19(22(31)21(18)30)26-16-7-6-14(24)23(20(16)29)35(32,33)28-11-9-27(3)10-12-28/h6-7,13,15,17,25-26,29H,4-5,8-12H2,1-3H3/t13?,15-,17?/m1/s1. The fourth-order valence-electron chi connectivity index (χ4n) is 4.61. The average molecular weight is 527 g/mol. The second-order valence-electron chi connectivity index (χ2n) is 9.23. The summed E-state index contributed by atoms with van der Waals surface area (Å²) in [5.74, 6) is -0.601. The van der Waals surface area contributed by atoms with Gasteiger partial charge in [-0.15, -0.1) is 0 Å². The number of halogens is 1. The molecule has 4 rings (SSSR count). The molecule has 2 aliphatic rings. The number of phenols is 1. The zero-order chi connectivity index (χ0) is 25.5. The summed E-state index contributed by atoms with van der Waals surface area (Å²) in [6, 6.07) is 2.55. The van der Waals surface area contributed by atoms with Crippen LogP contribution in [0.4, 0.5) is 17.1 Å². The Labute approximate surface area is 209 Å². The number of benzene rings is 1. The normalized spacial score (nSPS) is 23.0. The number of ether oxygens (including phenoxy) is 1. The summed E-state index contributed by atoms with van der Waals surface area (Å²) in [4.78, 5) is 26.3. The van der Waals surface area contributed by atoms with Crippen LogP contribution in [0.15, 0.2) is 26.6 Å². The maximum Gasteiger partial charge on any atom is 0.253 e. The number of rotatable bonds is 8. The number of hydrogen-bond donors (Lipinski definition) is 3. The van der Waals surface area contributed by atoms with E-state index in [0.29, 0.717) is 19.5 Å². The highest BCUT2D eigenvalue weighted by atomic mass is 35.5. The van der Waals surface area contributed by atoms with Crippen LogP contribution in [0, 0.1) is 0 Å². The van der Waals surface area contributed by atoms with E-state index in [1.165, 1.54) is 16.4 Å². The van der Waals surface area contributed by atoms with Gasteiger partial charge in [0.1, 0.15) is 16.3 Å². The lowest BCUT2D eigenvalue weighted by Gasteiger charge is -2.32. The third kappa shape index (κ3) is 4.92. The van der Waals surface area contributed by atoms with Crippen LogP contribution < -0.4 is 21.5 Å². The molecular formula is C23H31ClN4O6S. The molecule has 0 radical (unpaired) electrons. The van der Waals surface area contributed by atoms with Crippen LogP contribution in [0.25, 0.3) is 0 Å². The molecule has 2 saturated heterocycles. The van der Waals surface area contributed by atoms with Crippen molar-refractivity contribution in [2.24, 2.45) is 0 Å². The van der Waals surface area contributed by atoms with Crippen LogP contribution in [-0.4, -0.2) is 74.2 Å². The topological polar surface area (TPSA) is 128 Å². The third-order valence-corrected chi connectivity index (χ3v) is 9.20. The molecule has 10 nitrogen and oxygen atoms in total. The Balaban J connectivity index is 1.61. The average Bonchev–Trinajstić information content (AvgIpc) is 3.25. The van der Waals surface area contributed by atoms with Crippen LogP contribution in [0.2, 0.25) is 5.02 Å². The first-order valence-corrected chi connectivity index (χ1v) is 13.6. The molecule has 2 fully saturated rings. The summed E-state index contributed by atoms with van der Waals surface area (Å²) in [6.07, 6.45) is 2.48. The number of sulfonamides is 1. The first-order valence-electron chi connectivity index (χ1n) is 11.8. The smallest absolute Gasteiger partial charge is 0.253 e. The molecule has 0 aliphatic carbocycles. The Kier molecular flexibility index (Phi) is 7.44. The van der Waals surface area contributed by atoms with Gasteiger partial charge in [-0.2, -0.15) is 4.31 Å². The van der Waals surface area contributed by atoms with Crippen molar-refractivity contribution in [2.75, 3.05) is 43.9 Å². The quantitative estimate of drug-likeness (QED) is 0.350. The van der Waals surface area contributed by atoms with Crippen LogP contribution in [0.3, 0.4) is 0 Å². The summed E-state index contributed by atoms with van der Waals surface area (Å²) < 4.78 is 33.7. The number of phenolic OH excluding ortho intramolecular Hbond substituents is 1. The SMILES string of the molecule is CC[C@@H](Nc1c(Nc2ccc(Cl)c(S(=O)(=O)N3CCN(C)CC3)c2O)c(=O)c1=O)C1CCC(C)O1. The van der Waals surface area contributed by atoms with E-state index in [-0.39, 0.29) is 53.4 Å². The molecule has 2 aliphatic heterocycles. The number of nitrogens with one attached hydrogen (secondary N) is 2. The summed E-state index contributed by atoms with van der Waals surface area (Å²) in [7, 11) is -2.19. The number of nitrogens with zero attached hydrogens (tertiary/aromatic N) is 2. The second kappa shape index (κ2) is 10.1.